The number of nitrogens with zero attached hydrogens (tertiary/aromatic N) is 1. The number of carboxylic acids is 1. The second-order valence-electron chi connectivity index (χ2n) is 6.28. The number of aryl methyl sites for hydroxylation is 1. The molecule has 1 fully saturated rings. The number of rotatable bonds is 5. The number of likely N-dealkylation sites (tertiary alicyclic amines) is 1. The number of halogens is 1. The van der Waals surface area contributed by atoms with Crippen molar-refractivity contribution in [1.29, 1.82) is 0 Å². The van der Waals surface area contributed by atoms with E-state index in [1.54, 1.807) is 0 Å². The van der Waals surface area contributed by atoms with Crippen molar-refractivity contribution in [3.8, 4) is 0 Å². The van der Waals surface area contributed by atoms with E-state index in [9.17, 15) is 9.90 Å². The van der Waals surface area contributed by atoms with Crippen LogP contribution in [0.4, 0.5) is 0 Å². The molecule has 3 nitrogen and oxygen atoms in total. The van der Waals surface area contributed by atoms with Crippen molar-refractivity contribution in [3.63, 3.8) is 0 Å². The van der Waals surface area contributed by atoms with Gasteiger partial charge in [0, 0.05) is 11.0 Å². The fourth-order valence-electron chi connectivity index (χ4n) is 3.52. The molecular weight excluding hydrogens is 366 g/mol. The average Bonchev–Trinajstić information content (AvgIpc) is 3.07. The molecule has 0 saturated carbocycles. The first-order valence-corrected chi connectivity index (χ1v) is 9.22. The highest BCUT2D eigenvalue weighted by Crippen LogP contribution is 2.35. The van der Waals surface area contributed by atoms with Gasteiger partial charge in [0.15, 0.2) is 0 Å². The SMILES string of the molecule is CCc1ccc(C(c2ccc(Br)cc2)N2CCCC2C(=O)O)cc1. The van der Waals surface area contributed by atoms with Gasteiger partial charge in [-0.15, -0.1) is 0 Å². The van der Waals surface area contributed by atoms with Crippen LogP contribution in [-0.4, -0.2) is 28.6 Å². The smallest absolute Gasteiger partial charge is 0.320 e. The largest absolute Gasteiger partial charge is 0.480 e. The number of carboxylic acid groups (broad SMARTS) is 1. The first-order chi connectivity index (χ1) is 11.6. The highest BCUT2D eigenvalue weighted by Gasteiger charge is 2.36. The van der Waals surface area contributed by atoms with Crippen LogP contribution in [-0.2, 0) is 11.2 Å². The summed E-state index contributed by atoms with van der Waals surface area (Å²) < 4.78 is 1.03. The summed E-state index contributed by atoms with van der Waals surface area (Å²) in [5.41, 5.74) is 3.59. The van der Waals surface area contributed by atoms with Crippen molar-refractivity contribution in [2.24, 2.45) is 0 Å². The molecule has 1 saturated heterocycles. The molecule has 24 heavy (non-hydrogen) atoms. The van der Waals surface area contributed by atoms with Crippen LogP contribution in [0.15, 0.2) is 53.0 Å². The molecule has 2 aromatic carbocycles. The zero-order valence-electron chi connectivity index (χ0n) is 13.8. The molecule has 0 radical (unpaired) electrons. The van der Waals surface area contributed by atoms with Crippen molar-refractivity contribution in [1.82, 2.24) is 4.90 Å². The van der Waals surface area contributed by atoms with Crippen LogP contribution in [0.3, 0.4) is 0 Å². The van der Waals surface area contributed by atoms with Gasteiger partial charge in [-0.05, 0) is 48.1 Å². The minimum absolute atomic E-state index is 0.0207. The first-order valence-electron chi connectivity index (χ1n) is 8.43. The number of hydrogen-bond acceptors (Lipinski definition) is 2. The monoisotopic (exact) mass is 387 g/mol. The minimum Gasteiger partial charge on any atom is -0.480 e. The van der Waals surface area contributed by atoms with Gasteiger partial charge in [-0.2, -0.15) is 0 Å². The summed E-state index contributed by atoms with van der Waals surface area (Å²) in [7, 11) is 0. The van der Waals surface area contributed by atoms with Crippen molar-refractivity contribution in [3.05, 3.63) is 69.7 Å². The number of hydrogen-bond donors (Lipinski definition) is 1. The van der Waals surface area contributed by atoms with Gasteiger partial charge in [0.2, 0.25) is 0 Å². The van der Waals surface area contributed by atoms with E-state index in [1.807, 2.05) is 12.1 Å². The molecule has 2 unspecified atom stereocenters. The number of benzene rings is 2. The molecule has 4 heteroatoms. The van der Waals surface area contributed by atoms with E-state index in [0.717, 1.165) is 41.4 Å². The van der Waals surface area contributed by atoms with E-state index in [0.29, 0.717) is 0 Å². The molecule has 2 aromatic rings. The van der Waals surface area contributed by atoms with Gasteiger partial charge in [0.25, 0.3) is 0 Å². The van der Waals surface area contributed by atoms with E-state index < -0.39 is 12.0 Å². The third-order valence-corrected chi connectivity index (χ3v) is 5.33. The molecule has 1 N–H and O–H groups in total. The summed E-state index contributed by atoms with van der Waals surface area (Å²) in [6.45, 7) is 2.95. The Morgan fingerprint density at radius 3 is 2.29 bits per heavy atom. The molecule has 3 rings (SSSR count). The van der Waals surface area contributed by atoms with Gasteiger partial charge in [0.1, 0.15) is 6.04 Å². The molecule has 1 heterocycles. The summed E-state index contributed by atoms with van der Waals surface area (Å²) in [5.74, 6) is -0.722. The van der Waals surface area contributed by atoms with Gasteiger partial charge in [-0.1, -0.05) is 59.3 Å². The van der Waals surface area contributed by atoms with Crippen LogP contribution in [0.2, 0.25) is 0 Å². The quantitative estimate of drug-likeness (QED) is 0.811. The third kappa shape index (κ3) is 3.55. The zero-order valence-corrected chi connectivity index (χ0v) is 15.4. The summed E-state index contributed by atoms with van der Waals surface area (Å²) in [6.07, 6.45) is 2.65. The number of carbonyl (C=O) groups is 1. The number of aliphatic carboxylic acids is 1. The van der Waals surface area contributed by atoms with E-state index in [2.05, 4.69) is 64.2 Å². The Balaban J connectivity index is 2.02. The molecule has 126 valence electrons. The molecule has 0 aliphatic carbocycles. The Bertz CT molecular complexity index is 697. The summed E-state index contributed by atoms with van der Waals surface area (Å²) >= 11 is 3.48. The van der Waals surface area contributed by atoms with Crippen LogP contribution in [0, 0.1) is 0 Å². The van der Waals surface area contributed by atoms with E-state index in [4.69, 9.17) is 0 Å². The second-order valence-corrected chi connectivity index (χ2v) is 7.20. The Labute approximate surface area is 151 Å². The molecule has 1 aliphatic rings. The highest BCUT2D eigenvalue weighted by atomic mass is 79.9. The van der Waals surface area contributed by atoms with Crippen molar-refractivity contribution in [2.75, 3.05) is 6.54 Å². The molecule has 1 aliphatic heterocycles. The van der Waals surface area contributed by atoms with Crippen LogP contribution in [0.25, 0.3) is 0 Å². The Hall–Kier alpha value is -1.65. The predicted molar refractivity (Wildman–Crippen MR) is 99.2 cm³/mol. The van der Waals surface area contributed by atoms with E-state index in [1.165, 1.54) is 5.56 Å². The lowest BCUT2D eigenvalue weighted by molar-refractivity contribution is -0.142. The standard InChI is InChI=1S/C20H22BrNO2/c1-2-14-5-7-15(8-6-14)19(16-9-11-17(21)12-10-16)22-13-3-4-18(22)20(23)24/h5-12,18-19H,2-4,13H2,1H3,(H,23,24). The Morgan fingerprint density at radius 1 is 1.17 bits per heavy atom. The lowest BCUT2D eigenvalue weighted by Crippen LogP contribution is -2.39. The zero-order chi connectivity index (χ0) is 17.1. The van der Waals surface area contributed by atoms with Gasteiger partial charge < -0.3 is 5.11 Å². The van der Waals surface area contributed by atoms with Crippen molar-refractivity contribution < 1.29 is 9.90 Å². The molecule has 0 aromatic heterocycles. The van der Waals surface area contributed by atoms with Gasteiger partial charge in [-0.3, -0.25) is 9.69 Å². The maximum atomic E-state index is 11.7. The maximum Gasteiger partial charge on any atom is 0.320 e. The minimum atomic E-state index is -0.722. The van der Waals surface area contributed by atoms with Gasteiger partial charge >= 0.3 is 5.97 Å². The summed E-state index contributed by atoms with van der Waals surface area (Å²) in [4.78, 5) is 13.8. The lowest BCUT2D eigenvalue weighted by atomic mass is 9.95. The van der Waals surface area contributed by atoms with Crippen LogP contribution >= 0.6 is 15.9 Å². The normalized spacial score (nSPS) is 19.3. The topological polar surface area (TPSA) is 40.5 Å². The fourth-order valence-corrected chi connectivity index (χ4v) is 3.78. The second kappa shape index (κ2) is 7.49. The van der Waals surface area contributed by atoms with Crippen LogP contribution < -0.4 is 0 Å². The Morgan fingerprint density at radius 2 is 1.75 bits per heavy atom. The van der Waals surface area contributed by atoms with E-state index in [-0.39, 0.29) is 6.04 Å². The predicted octanol–water partition coefficient (Wildman–Crippen LogP) is 4.65. The highest BCUT2D eigenvalue weighted by molar-refractivity contribution is 9.10. The van der Waals surface area contributed by atoms with Gasteiger partial charge in [-0.25, -0.2) is 0 Å². The summed E-state index contributed by atoms with van der Waals surface area (Å²) in [5, 5.41) is 9.60. The van der Waals surface area contributed by atoms with Crippen molar-refractivity contribution in [2.45, 2.75) is 38.3 Å². The molecule has 2 atom stereocenters. The average molecular weight is 388 g/mol. The van der Waals surface area contributed by atoms with Crippen molar-refractivity contribution >= 4 is 21.9 Å². The molecule has 0 amide bonds. The van der Waals surface area contributed by atoms with Crippen LogP contribution in [0.5, 0.6) is 0 Å². The Kier molecular flexibility index (Phi) is 5.36. The summed E-state index contributed by atoms with van der Waals surface area (Å²) in [6, 6.07) is 16.4. The molecular formula is C20H22BrNO2. The van der Waals surface area contributed by atoms with Crippen LogP contribution in [0.1, 0.15) is 42.5 Å². The molecule has 0 bridgehead atoms. The first kappa shape index (κ1) is 17.2. The third-order valence-electron chi connectivity index (χ3n) is 4.80. The van der Waals surface area contributed by atoms with Gasteiger partial charge in [0.05, 0.1) is 6.04 Å². The lowest BCUT2D eigenvalue weighted by Gasteiger charge is -2.32. The fraction of sp³-hybridized carbons (Fsp3) is 0.350. The van der Waals surface area contributed by atoms with E-state index >= 15 is 0 Å². The maximum absolute atomic E-state index is 11.7. The molecule has 0 spiro atoms.